The van der Waals surface area contributed by atoms with E-state index in [1.165, 1.54) is 11.3 Å². The van der Waals surface area contributed by atoms with Crippen molar-refractivity contribution in [1.82, 2.24) is 4.90 Å². The van der Waals surface area contributed by atoms with Gasteiger partial charge in [0, 0.05) is 42.0 Å². The lowest BCUT2D eigenvalue weighted by Gasteiger charge is -2.21. The van der Waals surface area contributed by atoms with E-state index < -0.39 is 11.6 Å². The van der Waals surface area contributed by atoms with Crippen LogP contribution in [0.5, 0.6) is 11.5 Å². The number of thiophene rings is 1. The van der Waals surface area contributed by atoms with Crippen molar-refractivity contribution in [1.29, 1.82) is 0 Å². The third kappa shape index (κ3) is 2.33. The van der Waals surface area contributed by atoms with Gasteiger partial charge in [0.05, 0.1) is 16.0 Å². The fourth-order valence-electron chi connectivity index (χ4n) is 4.26. The summed E-state index contributed by atoms with van der Waals surface area (Å²) in [5, 5.41) is 24.0. The zero-order chi connectivity index (χ0) is 19.6. The third-order valence-electron chi connectivity index (χ3n) is 5.62. The molecule has 1 atom stereocenters. The molecule has 28 heavy (non-hydrogen) atoms. The fraction of sp³-hybridized carbons (Fsp3) is 0.238. The number of benzene rings is 2. The van der Waals surface area contributed by atoms with Crippen molar-refractivity contribution in [2.24, 2.45) is 5.73 Å². The number of hydrogen-bond donors (Lipinski definition) is 3. The molecule has 1 aliphatic heterocycles. The average molecular weight is 394 g/mol. The molecule has 5 rings (SSSR count). The molecule has 1 fully saturated rings. The van der Waals surface area contributed by atoms with Crippen LogP contribution in [0.2, 0.25) is 0 Å². The van der Waals surface area contributed by atoms with E-state index in [1.807, 2.05) is 5.38 Å². The van der Waals surface area contributed by atoms with E-state index in [4.69, 9.17) is 5.73 Å². The number of hydrogen-bond acceptors (Lipinski definition) is 7. The van der Waals surface area contributed by atoms with Gasteiger partial charge in [-0.05, 0) is 17.4 Å². The second kappa shape index (κ2) is 6.13. The summed E-state index contributed by atoms with van der Waals surface area (Å²) in [6, 6.07) is 6.78. The highest BCUT2D eigenvalue weighted by Crippen LogP contribution is 2.46. The van der Waals surface area contributed by atoms with Crippen molar-refractivity contribution in [3.05, 3.63) is 56.8 Å². The molecule has 2 aliphatic rings. The van der Waals surface area contributed by atoms with E-state index >= 15 is 0 Å². The smallest absolute Gasteiger partial charge is 0.208 e. The van der Waals surface area contributed by atoms with Gasteiger partial charge in [-0.2, -0.15) is 0 Å². The largest absolute Gasteiger partial charge is 0.506 e. The monoisotopic (exact) mass is 394 g/mol. The molecule has 1 saturated heterocycles. The highest BCUT2D eigenvalue weighted by molar-refractivity contribution is 7.13. The predicted molar refractivity (Wildman–Crippen MR) is 106 cm³/mol. The van der Waals surface area contributed by atoms with E-state index in [0.717, 1.165) is 25.1 Å². The lowest BCUT2D eigenvalue weighted by atomic mass is 9.84. The Morgan fingerprint density at radius 1 is 1.04 bits per heavy atom. The topological polar surface area (TPSA) is 104 Å². The molecular weight excluding hydrogens is 376 g/mol. The molecular formula is C21H18N2O4S. The molecule has 1 aromatic heterocycles. The van der Waals surface area contributed by atoms with Crippen molar-refractivity contribution in [2.75, 3.05) is 13.1 Å². The summed E-state index contributed by atoms with van der Waals surface area (Å²) in [7, 11) is 0. The Labute approximate surface area is 164 Å². The number of ketones is 2. The Bertz CT molecular complexity index is 1170. The summed E-state index contributed by atoms with van der Waals surface area (Å²) in [4.78, 5) is 28.9. The standard InChI is InChI=1S/C21H18N2O4S/c22-11-5-6-23(8-11)7-10-9-28-21-14(10)19(26)15-16(20(21)27)18(25)13-4-2-1-3-12(13)17(15)24/h1-4,9,11,24-25H,5-8,22H2/t11-/m0/s1. The van der Waals surface area contributed by atoms with Gasteiger partial charge in [-0.25, -0.2) is 0 Å². The van der Waals surface area contributed by atoms with Crippen LogP contribution >= 0.6 is 11.3 Å². The first-order chi connectivity index (χ1) is 13.5. The summed E-state index contributed by atoms with van der Waals surface area (Å²) in [6.45, 7) is 2.13. The van der Waals surface area contributed by atoms with Crippen molar-refractivity contribution in [3.8, 4) is 11.5 Å². The highest BCUT2D eigenvalue weighted by atomic mass is 32.1. The van der Waals surface area contributed by atoms with Gasteiger partial charge in [0.1, 0.15) is 11.5 Å². The van der Waals surface area contributed by atoms with Gasteiger partial charge in [-0.15, -0.1) is 11.3 Å². The molecule has 142 valence electrons. The Morgan fingerprint density at radius 3 is 2.29 bits per heavy atom. The average Bonchev–Trinajstić information content (AvgIpc) is 3.29. The van der Waals surface area contributed by atoms with E-state index in [-0.39, 0.29) is 28.7 Å². The molecule has 0 unspecified atom stereocenters. The fourth-order valence-corrected chi connectivity index (χ4v) is 5.26. The Kier molecular flexibility index (Phi) is 3.80. The van der Waals surface area contributed by atoms with Crippen LogP contribution in [0.15, 0.2) is 29.6 Å². The maximum atomic E-state index is 13.3. The molecule has 2 heterocycles. The van der Waals surface area contributed by atoms with Crippen LogP contribution in [-0.4, -0.2) is 45.8 Å². The minimum absolute atomic E-state index is 0.105. The van der Waals surface area contributed by atoms with Gasteiger partial charge in [-0.3, -0.25) is 14.5 Å². The Balaban J connectivity index is 1.67. The minimum atomic E-state index is -0.419. The number of carbonyl (C=O) groups excluding carboxylic acids is 2. The molecule has 4 N–H and O–H groups in total. The molecule has 0 radical (unpaired) electrons. The Morgan fingerprint density at radius 2 is 1.68 bits per heavy atom. The summed E-state index contributed by atoms with van der Waals surface area (Å²) in [6.07, 6.45) is 0.905. The minimum Gasteiger partial charge on any atom is -0.506 e. The normalized spacial score (nSPS) is 19.2. The molecule has 6 nitrogen and oxygen atoms in total. The number of nitrogens with two attached hydrogens (primary N) is 1. The summed E-state index contributed by atoms with van der Waals surface area (Å²) < 4.78 is 0. The van der Waals surface area contributed by atoms with E-state index in [1.54, 1.807) is 24.3 Å². The quantitative estimate of drug-likeness (QED) is 0.452. The summed E-state index contributed by atoms with van der Waals surface area (Å²) in [5.41, 5.74) is 6.87. The highest BCUT2D eigenvalue weighted by Gasteiger charge is 2.39. The SMILES string of the molecule is N[C@H]1CCN(Cc2csc3c2C(=O)c2c(c(O)c4ccccc4c2O)C3=O)C1. The first-order valence-electron chi connectivity index (χ1n) is 9.11. The number of nitrogens with zero attached hydrogens (tertiary/aromatic N) is 1. The van der Waals surface area contributed by atoms with Crippen molar-refractivity contribution in [2.45, 2.75) is 19.0 Å². The summed E-state index contributed by atoms with van der Waals surface area (Å²) in [5.74, 6) is -1.35. The lowest BCUT2D eigenvalue weighted by molar-refractivity contribution is 0.0976. The zero-order valence-electron chi connectivity index (χ0n) is 14.9. The van der Waals surface area contributed by atoms with Crippen molar-refractivity contribution in [3.63, 3.8) is 0 Å². The molecule has 1 aliphatic carbocycles. The third-order valence-corrected chi connectivity index (χ3v) is 6.65. The number of aromatic hydroxyl groups is 2. The number of phenols is 2. The van der Waals surface area contributed by atoms with Crippen LogP contribution < -0.4 is 5.73 Å². The predicted octanol–water partition coefficient (Wildman–Crippen LogP) is 2.62. The van der Waals surface area contributed by atoms with Gasteiger partial charge in [0.2, 0.25) is 5.78 Å². The van der Waals surface area contributed by atoms with Crippen LogP contribution in [-0.2, 0) is 6.54 Å². The van der Waals surface area contributed by atoms with Crippen LogP contribution in [0.4, 0.5) is 0 Å². The molecule has 7 heteroatoms. The van der Waals surface area contributed by atoms with Crippen molar-refractivity contribution < 1.29 is 19.8 Å². The molecule has 2 aromatic carbocycles. The van der Waals surface area contributed by atoms with E-state index in [9.17, 15) is 19.8 Å². The van der Waals surface area contributed by atoms with Gasteiger partial charge >= 0.3 is 0 Å². The van der Waals surface area contributed by atoms with Crippen LogP contribution in [0.25, 0.3) is 10.8 Å². The molecule has 0 spiro atoms. The van der Waals surface area contributed by atoms with E-state index in [0.29, 0.717) is 27.8 Å². The van der Waals surface area contributed by atoms with E-state index in [2.05, 4.69) is 4.90 Å². The molecule has 0 amide bonds. The number of carbonyl (C=O) groups is 2. The van der Waals surface area contributed by atoms with Crippen LogP contribution in [0.3, 0.4) is 0 Å². The Hall–Kier alpha value is -2.74. The molecule has 3 aromatic rings. The summed E-state index contributed by atoms with van der Waals surface area (Å²) >= 11 is 1.21. The van der Waals surface area contributed by atoms with Crippen LogP contribution in [0.1, 0.15) is 43.1 Å². The second-order valence-corrected chi connectivity index (χ2v) is 8.28. The molecule has 0 bridgehead atoms. The maximum absolute atomic E-state index is 13.3. The molecule has 0 saturated carbocycles. The zero-order valence-corrected chi connectivity index (χ0v) is 15.8. The number of fused-ring (bicyclic) bond motifs is 3. The van der Waals surface area contributed by atoms with Gasteiger partial charge in [-0.1, -0.05) is 24.3 Å². The van der Waals surface area contributed by atoms with Crippen LogP contribution in [0, 0.1) is 0 Å². The maximum Gasteiger partial charge on any atom is 0.208 e. The second-order valence-electron chi connectivity index (χ2n) is 7.40. The number of phenolic OH excluding ortho intramolecular Hbond substituents is 2. The first-order valence-corrected chi connectivity index (χ1v) is 9.99. The van der Waals surface area contributed by atoms with Gasteiger partial charge in [0.15, 0.2) is 5.78 Å². The van der Waals surface area contributed by atoms with Gasteiger partial charge < -0.3 is 15.9 Å². The lowest BCUT2D eigenvalue weighted by Crippen LogP contribution is -2.27. The van der Waals surface area contributed by atoms with Gasteiger partial charge in [0.25, 0.3) is 0 Å². The number of rotatable bonds is 2. The first kappa shape index (κ1) is 17.4. The van der Waals surface area contributed by atoms with Crippen molar-refractivity contribution >= 4 is 33.7 Å². The number of likely N-dealkylation sites (tertiary alicyclic amines) is 1.